The van der Waals surface area contributed by atoms with Gasteiger partial charge in [-0.05, 0) is 25.7 Å². The fraction of sp³-hybridized carbons (Fsp3) is 0.632. The van der Waals surface area contributed by atoms with Crippen LogP contribution in [0.2, 0.25) is 0 Å². The third kappa shape index (κ3) is 4.70. The van der Waals surface area contributed by atoms with Crippen molar-refractivity contribution in [3.63, 3.8) is 0 Å². The normalized spacial score (nSPS) is 20.8. The van der Waals surface area contributed by atoms with Crippen molar-refractivity contribution >= 4 is 34.4 Å². The molecule has 2 nitrogen and oxygen atoms in total. The Hall–Kier alpha value is -0.665. The molecule has 24 heavy (non-hydrogen) atoms. The minimum atomic E-state index is -0.546. The van der Waals surface area contributed by atoms with E-state index in [1.54, 1.807) is 0 Å². The predicted molar refractivity (Wildman–Crippen MR) is 106 cm³/mol. The first-order valence-corrected chi connectivity index (χ1v) is 10.3. The highest BCUT2D eigenvalue weighted by molar-refractivity contribution is 7.33. The third-order valence-corrected chi connectivity index (χ3v) is 5.76. The average molecular weight is 365 g/mol. The zero-order chi connectivity index (χ0) is 16.8. The van der Waals surface area contributed by atoms with Crippen LogP contribution in [0.4, 0.5) is 0 Å². The first-order chi connectivity index (χ1) is 11.8. The summed E-state index contributed by atoms with van der Waals surface area (Å²) in [7, 11) is 0. The van der Waals surface area contributed by atoms with E-state index in [-0.39, 0.29) is 0 Å². The minimum Gasteiger partial charge on any atom is -0.370 e. The minimum absolute atomic E-state index is 0.404. The van der Waals surface area contributed by atoms with Gasteiger partial charge in [-0.1, -0.05) is 68.9 Å². The van der Waals surface area contributed by atoms with E-state index in [0.717, 1.165) is 24.2 Å². The van der Waals surface area contributed by atoms with Crippen molar-refractivity contribution in [2.45, 2.75) is 76.3 Å². The summed E-state index contributed by atoms with van der Waals surface area (Å²) in [5, 5.41) is 0. The number of hydrogen-bond donors (Lipinski definition) is 0. The molecule has 2 fully saturated rings. The van der Waals surface area contributed by atoms with Crippen LogP contribution in [-0.4, -0.2) is 28.4 Å². The maximum Gasteiger partial charge on any atom is 0.469 e. The lowest BCUT2D eigenvalue weighted by Crippen LogP contribution is -2.47. The standard InChI is InChI=1S/C19H27BCl2N2/c21-20(22)24(18-14-8-3-9-15-18)19(16-10-4-1-5-11-16)23-17-12-6-2-7-13-17/h1,4-5,10-11,17-18H,2-3,6-9,12-15H2. The molecule has 0 N–H and O–H groups in total. The highest BCUT2D eigenvalue weighted by atomic mass is 35.5. The van der Waals surface area contributed by atoms with Crippen molar-refractivity contribution in [3.8, 4) is 0 Å². The van der Waals surface area contributed by atoms with Gasteiger partial charge in [0.15, 0.2) is 0 Å². The molecular formula is C19H27BCl2N2. The molecule has 1 aromatic carbocycles. The van der Waals surface area contributed by atoms with Crippen LogP contribution in [0.3, 0.4) is 0 Å². The van der Waals surface area contributed by atoms with E-state index >= 15 is 0 Å². The zero-order valence-electron chi connectivity index (χ0n) is 14.3. The Morgan fingerprint density at radius 1 is 0.875 bits per heavy atom. The molecule has 0 saturated heterocycles. The second kappa shape index (κ2) is 9.15. The molecule has 1 aromatic rings. The molecule has 0 spiro atoms. The van der Waals surface area contributed by atoms with Crippen LogP contribution in [0, 0.1) is 0 Å². The highest BCUT2D eigenvalue weighted by Gasteiger charge is 2.32. The van der Waals surface area contributed by atoms with Gasteiger partial charge in [-0.3, -0.25) is 4.99 Å². The van der Waals surface area contributed by atoms with E-state index in [9.17, 15) is 0 Å². The Kier molecular flexibility index (Phi) is 6.91. The number of amidine groups is 1. The van der Waals surface area contributed by atoms with Gasteiger partial charge in [0, 0.05) is 11.6 Å². The van der Waals surface area contributed by atoms with Gasteiger partial charge in [0.05, 0.1) is 6.04 Å². The third-order valence-electron chi connectivity index (χ3n) is 5.33. The van der Waals surface area contributed by atoms with Crippen LogP contribution in [0.1, 0.15) is 69.8 Å². The first kappa shape index (κ1) is 18.1. The molecule has 0 radical (unpaired) electrons. The highest BCUT2D eigenvalue weighted by Crippen LogP contribution is 2.29. The Morgan fingerprint density at radius 3 is 2.04 bits per heavy atom. The van der Waals surface area contributed by atoms with Crippen LogP contribution in [0.5, 0.6) is 0 Å². The van der Waals surface area contributed by atoms with Crippen molar-refractivity contribution in [1.29, 1.82) is 0 Å². The van der Waals surface area contributed by atoms with Crippen LogP contribution < -0.4 is 0 Å². The molecule has 0 atom stereocenters. The summed E-state index contributed by atoms with van der Waals surface area (Å²) in [6, 6.07) is 11.3. The van der Waals surface area contributed by atoms with Crippen LogP contribution in [0.15, 0.2) is 35.3 Å². The van der Waals surface area contributed by atoms with Gasteiger partial charge in [-0.2, -0.15) is 0 Å². The molecule has 130 valence electrons. The van der Waals surface area contributed by atoms with Gasteiger partial charge in [0.2, 0.25) is 0 Å². The molecule has 0 aromatic heterocycles. The number of rotatable bonds is 4. The molecular weight excluding hydrogens is 338 g/mol. The molecule has 5 heteroatoms. The predicted octanol–water partition coefficient (Wildman–Crippen LogP) is 5.86. The molecule has 0 heterocycles. The Morgan fingerprint density at radius 2 is 1.46 bits per heavy atom. The summed E-state index contributed by atoms with van der Waals surface area (Å²) < 4.78 is 0. The number of halogens is 2. The molecule has 2 aliphatic carbocycles. The van der Waals surface area contributed by atoms with Gasteiger partial charge >= 0.3 is 5.68 Å². The van der Waals surface area contributed by atoms with Crippen molar-refractivity contribution < 1.29 is 0 Å². The fourth-order valence-electron chi connectivity index (χ4n) is 4.04. The van der Waals surface area contributed by atoms with Crippen molar-refractivity contribution in [2.75, 3.05) is 0 Å². The summed E-state index contributed by atoms with van der Waals surface area (Å²) >= 11 is 12.9. The quantitative estimate of drug-likeness (QED) is 0.371. The molecule has 0 unspecified atom stereocenters. The van der Waals surface area contributed by atoms with Crippen LogP contribution in [-0.2, 0) is 0 Å². The largest absolute Gasteiger partial charge is 0.469 e. The average Bonchev–Trinajstić information content (AvgIpc) is 2.63. The summed E-state index contributed by atoms with van der Waals surface area (Å²) in [6.45, 7) is 0. The SMILES string of the molecule is ClB(Cl)N(C(=NC1CCCCC1)c1ccccc1)C1CCCCC1. The van der Waals surface area contributed by atoms with Crippen molar-refractivity contribution in [3.05, 3.63) is 35.9 Å². The number of hydrogen-bond acceptors (Lipinski definition) is 1. The second-order valence-corrected chi connectivity index (χ2v) is 8.14. The lowest BCUT2D eigenvalue weighted by Gasteiger charge is -2.38. The fourth-order valence-corrected chi connectivity index (χ4v) is 4.55. The lowest BCUT2D eigenvalue weighted by atomic mass is 9.90. The van der Waals surface area contributed by atoms with E-state index in [1.165, 1.54) is 51.4 Å². The van der Waals surface area contributed by atoms with Gasteiger partial charge < -0.3 is 4.81 Å². The monoisotopic (exact) mass is 364 g/mol. The van der Waals surface area contributed by atoms with Gasteiger partial charge in [-0.15, -0.1) is 22.9 Å². The maximum absolute atomic E-state index is 6.45. The Bertz CT molecular complexity index is 523. The molecule has 3 rings (SSSR count). The summed E-state index contributed by atoms with van der Waals surface area (Å²) in [6.07, 6.45) is 12.4. The Labute approximate surface area is 156 Å². The van der Waals surface area contributed by atoms with Crippen molar-refractivity contribution in [2.24, 2.45) is 4.99 Å². The number of aliphatic imine (C=N–C) groups is 1. The van der Waals surface area contributed by atoms with E-state index in [0.29, 0.717) is 12.1 Å². The lowest BCUT2D eigenvalue weighted by molar-refractivity contribution is 0.330. The summed E-state index contributed by atoms with van der Waals surface area (Å²) in [5.74, 6) is 1.00. The van der Waals surface area contributed by atoms with E-state index in [1.807, 2.05) is 6.07 Å². The molecule has 0 amide bonds. The van der Waals surface area contributed by atoms with Crippen LogP contribution in [0.25, 0.3) is 0 Å². The number of nitrogens with zero attached hydrogens (tertiary/aromatic N) is 2. The molecule has 2 saturated carbocycles. The van der Waals surface area contributed by atoms with Crippen molar-refractivity contribution in [1.82, 2.24) is 4.81 Å². The zero-order valence-corrected chi connectivity index (χ0v) is 15.9. The van der Waals surface area contributed by atoms with E-state index in [2.05, 4.69) is 29.1 Å². The summed E-state index contributed by atoms with van der Waals surface area (Å²) in [5.41, 5.74) is 0.593. The first-order valence-electron chi connectivity index (χ1n) is 9.45. The maximum atomic E-state index is 6.45. The van der Waals surface area contributed by atoms with E-state index in [4.69, 9.17) is 27.9 Å². The van der Waals surface area contributed by atoms with Gasteiger partial charge in [-0.25, -0.2) is 0 Å². The van der Waals surface area contributed by atoms with Crippen LogP contribution >= 0.6 is 22.9 Å². The molecule has 2 aliphatic rings. The number of benzene rings is 1. The summed E-state index contributed by atoms with van der Waals surface area (Å²) in [4.78, 5) is 7.36. The smallest absolute Gasteiger partial charge is 0.370 e. The van der Waals surface area contributed by atoms with Gasteiger partial charge in [0.1, 0.15) is 5.84 Å². The topological polar surface area (TPSA) is 15.6 Å². The van der Waals surface area contributed by atoms with Gasteiger partial charge in [0.25, 0.3) is 0 Å². The second-order valence-electron chi connectivity index (χ2n) is 7.09. The molecule has 0 aliphatic heterocycles. The van der Waals surface area contributed by atoms with E-state index < -0.39 is 5.68 Å². The molecule has 0 bridgehead atoms. The Balaban J connectivity index is 1.92.